The molecular weight excluding hydrogens is 140 g/mol. The van der Waals surface area contributed by atoms with E-state index in [2.05, 4.69) is 0 Å². The van der Waals surface area contributed by atoms with Crippen LogP contribution in [0.5, 0.6) is 0 Å². The number of carbonyl (C=O) groups is 1. The molecule has 1 unspecified atom stereocenters. The fourth-order valence-corrected chi connectivity index (χ4v) is 0.950. The van der Waals surface area contributed by atoms with Gasteiger partial charge in [0.15, 0.2) is 0 Å². The number of hydrogen-bond donors (Lipinski definition) is 0. The molecule has 1 radical (unpaired) electrons. The van der Waals surface area contributed by atoms with Crippen molar-refractivity contribution < 1.29 is 9.59 Å². The van der Waals surface area contributed by atoms with Crippen LogP contribution in [-0.2, 0) is 9.59 Å². The molecule has 0 aromatic heterocycles. The monoisotopic (exact) mass is 155 g/mol. The van der Waals surface area contributed by atoms with Crippen LogP contribution in [0, 0.1) is 11.8 Å². The lowest BCUT2D eigenvalue weighted by Crippen LogP contribution is -2.20. The van der Waals surface area contributed by atoms with Gasteiger partial charge in [0.05, 0.1) is 5.92 Å². The standard InChI is InChI=1S/C9H15O2/c1-4-5-8(6-10)9(11)7(2)3/h7-8H,4-5H2,1-3H3. The molecule has 0 fully saturated rings. The lowest BCUT2D eigenvalue weighted by molar-refractivity contribution is -0.124. The highest BCUT2D eigenvalue weighted by atomic mass is 16.1. The van der Waals surface area contributed by atoms with E-state index < -0.39 is 5.92 Å². The van der Waals surface area contributed by atoms with Gasteiger partial charge in [0.1, 0.15) is 5.78 Å². The second-order valence-corrected chi connectivity index (χ2v) is 3.02. The van der Waals surface area contributed by atoms with Crippen molar-refractivity contribution in [2.75, 3.05) is 0 Å². The van der Waals surface area contributed by atoms with Gasteiger partial charge in [-0.3, -0.25) is 9.59 Å². The van der Waals surface area contributed by atoms with Crippen molar-refractivity contribution in [3.05, 3.63) is 0 Å². The number of ketones is 1. The summed E-state index contributed by atoms with van der Waals surface area (Å²) in [7, 11) is 0. The van der Waals surface area contributed by atoms with Crippen LogP contribution < -0.4 is 0 Å². The van der Waals surface area contributed by atoms with E-state index in [1.807, 2.05) is 20.8 Å². The van der Waals surface area contributed by atoms with Gasteiger partial charge >= 0.3 is 0 Å². The summed E-state index contributed by atoms with van der Waals surface area (Å²) in [5.74, 6) is -0.519. The van der Waals surface area contributed by atoms with Crippen LogP contribution >= 0.6 is 0 Å². The van der Waals surface area contributed by atoms with Crippen molar-refractivity contribution in [3.63, 3.8) is 0 Å². The minimum absolute atomic E-state index is 0.0156. The van der Waals surface area contributed by atoms with E-state index >= 15 is 0 Å². The minimum atomic E-state index is -0.486. The van der Waals surface area contributed by atoms with Crippen molar-refractivity contribution in [1.29, 1.82) is 0 Å². The molecule has 0 rings (SSSR count). The van der Waals surface area contributed by atoms with Crippen LogP contribution in [-0.4, -0.2) is 12.1 Å². The fourth-order valence-electron chi connectivity index (χ4n) is 0.950. The third-order valence-electron chi connectivity index (χ3n) is 1.63. The highest BCUT2D eigenvalue weighted by Crippen LogP contribution is 2.10. The first-order valence-corrected chi connectivity index (χ1v) is 4.04. The Kier molecular flexibility index (Phi) is 4.75. The molecule has 11 heavy (non-hydrogen) atoms. The normalized spacial score (nSPS) is 13.1. The summed E-state index contributed by atoms with van der Waals surface area (Å²) in [5.41, 5.74) is 0. The number of rotatable bonds is 5. The van der Waals surface area contributed by atoms with E-state index in [-0.39, 0.29) is 11.7 Å². The molecule has 0 N–H and O–H groups in total. The van der Waals surface area contributed by atoms with Crippen LogP contribution in [0.4, 0.5) is 0 Å². The summed E-state index contributed by atoms with van der Waals surface area (Å²) < 4.78 is 0. The third kappa shape index (κ3) is 3.30. The Morgan fingerprint density at radius 3 is 2.27 bits per heavy atom. The second-order valence-electron chi connectivity index (χ2n) is 3.02. The number of Topliss-reactive ketones (excluding diaryl/α,β-unsaturated/α-hetero) is 1. The minimum Gasteiger partial charge on any atom is -0.299 e. The summed E-state index contributed by atoms with van der Waals surface area (Å²) in [4.78, 5) is 21.5. The highest BCUT2D eigenvalue weighted by molar-refractivity contribution is 5.94. The zero-order valence-corrected chi connectivity index (χ0v) is 7.39. The van der Waals surface area contributed by atoms with E-state index in [4.69, 9.17) is 0 Å². The first-order valence-electron chi connectivity index (χ1n) is 4.04. The Hall–Kier alpha value is -0.660. The van der Waals surface area contributed by atoms with Crippen molar-refractivity contribution in [2.45, 2.75) is 33.6 Å². The van der Waals surface area contributed by atoms with Gasteiger partial charge in [-0.15, -0.1) is 0 Å². The number of carbonyl (C=O) groups excluding carboxylic acids is 2. The van der Waals surface area contributed by atoms with Crippen molar-refractivity contribution in [2.24, 2.45) is 11.8 Å². The SMILES string of the molecule is CCCC([C]=O)C(=O)C(C)C. The van der Waals surface area contributed by atoms with Gasteiger partial charge in [0.25, 0.3) is 0 Å². The molecule has 63 valence electrons. The molecule has 0 spiro atoms. The Bertz CT molecular complexity index is 138. The maximum absolute atomic E-state index is 11.2. The maximum Gasteiger partial charge on any atom is 0.209 e. The molecule has 0 aliphatic rings. The average Bonchev–Trinajstić information content (AvgIpc) is 1.98. The molecular formula is C9H15O2. The first-order chi connectivity index (χ1) is 5.13. The molecule has 0 saturated heterocycles. The quantitative estimate of drug-likeness (QED) is 0.567. The summed E-state index contributed by atoms with van der Waals surface area (Å²) in [6.45, 7) is 5.57. The predicted molar refractivity (Wildman–Crippen MR) is 43.9 cm³/mol. The topological polar surface area (TPSA) is 34.1 Å². The maximum atomic E-state index is 11.2. The third-order valence-corrected chi connectivity index (χ3v) is 1.63. The summed E-state index contributed by atoms with van der Waals surface area (Å²) >= 11 is 0. The Labute approximate surface area is 68.0 Å². The highest BCUT2D eigenvalue weighted by Gasteiger charge is 2.19. The zero-order chi connectivity index (χ0) is 8.85. The summed E-state index contributed by atoms with van der Waals surface area (Å²) in [5, 5.41) is 0. The van der Waals surface area contributed by atoms with Crippen LogP contribution in [0.15, 0.2) is 0 Å². The largest absolute Gasteiger partial charge is 0.299 e. The van der Waals surface area contributed by atoms with Gasteiger partial charge in [-0.05, 0) is 6.42 Å². The molecule has 0 aliphatic heterocycles. The van der Waals surface area contributed by atoms with E-state index in [0.29, 0.717) is 6.42 Å². The lowest BCUT2D eigenvalue weighted by atomic mass is 9.93. The molecule has 2 heteroatoms. The van der Waals surface area contributed by atoms with Crippen LogP contribution in [0.3, 0.4) is 0 Å². The van der Waals surface area contributed by atoms with Crippen molar-refractivity contribution in [3.8, 4) is 0 Å². The Morgan fingerprint density at radius 1 is 1.45 bits per heavy atom. The molecule has 0 aromatic rings. The summed E-state index contributed by atoms with van der Waals surface area (Å²) in [6.07, 6.45) is 3.28. The predicted octanol–water partition coefficient (Wildman–Crippen LogP) is 1.74. The molecule has 0 amide bonds. The molecule has 0 heterocycles. The van der Waals surface area contributed by atoms with Gasteiger partial charge < -0.3 is 0 Å². The second kappa shape index (κ2) is 5.05. The van der Waals surface area contributed by atoms with E-state index in [9.17, 15) is 9.59 Å². The fraction of sp³-hybridized carbons (Fsp3) is 0.778. The average molecular weight is 155 g/mol. The first kappa shape index (κ1) is 10.3. The van der Waals surface area contributed by atoms with Crippen molar-refractivity contribution >= 4 is 12.1 Å². The molecule has 0 bridgehead atoms. The van der Waals surface area contributed by atoms with E-state index in [1.54, 1.807) is 6.29 Å². The molecule has 2 nitrogen and oxygen atoms in total. The van der Waals surface area contributed by atoms with Gasteiger partial charge in [-0.2, -0.15) is 0 Å². The van der Waals surface area contributed by atoms with Gasteiger partial charge in [-0.1, -0.05) is 27.2 Å². The van der Waals surface area contributed by atoms with Crippen LogP contribution in [0.1, 0.15) is 33.6 Å². The van der Waals surface area contributed by atoms with Crippen molar-refractivity contribution in [1.82, 2.24) is 0 Å². The molecule has 0 aliphatic carbocycles. The zero-order valence-electron chi connectivity index (χ0n) is 7.39. The van der Waals surface area contributed by atoms with E-state index in [0.717, 1.165) is 6.42 Å². The Balaban J connectivity index is 4.02. The molecule has 0 saturated carbocycles. The van der Waals surface area contributed by atoms with Crippen LogP contribution in [0.25, 0.3) is 0 Å². The number of hydrogen-bond acceptors (Lipinski definition) is 2. The van der Waals surface area contributed by atoms with Gasteiger partial charge in [-0.25, -0.2) is 0 Å². The molecule has 0 aromatic carbocycles. The Morgan fingerprint density at radius 2 is 2.00 bits per heavy atom. The van der Waals surface area contributed by atoms with Crippen LogP contribution in [0.2, 0.25) is 0 Å². The summed E-state index contributed by atoms with van der Waals surface area (Å²) in [6, 6.07) is 0. The van der Waals surface area contributed by atoms with E-state index in [1.165, 1.54) is 0 Å². The smallest absolute Gasteiger partial charge is 0.209 e. The lowest BCUT2D eigenvalue weighted by Gasteiger charge is -2.08. The molecule has 1 atom stereocenters. The van der Waals surface area contributed by atoms with Gasteiger partial charge in [0, 0.05) is 5.92 Å². The van der Waals surface area contributed by atoms with Gasteiger partial charge in [0.2, 0.25) is 6.29 Å².